The van der Waals surface area contributed by atoms with Crippen LogP contribution in [0.15, 0.2) is 59.9 Å². The zero-order chi connectivity index (χ0) is 19.9. The molecule has 0 fully saturated rings. The average molecular weight is 393 g/mol. The van der Waals surface area contributed by atoms with Gasteiger partial charge in [0.2, 0.25) is 5.91 Å². The molecule has 0 unspecified atom stereocenters. The molecule has 144 valence electrons. The number of aromatic nitrogens is 2. The number of carbonyl (C=O) groups is 1. The number of rotatable bonds is 7. The van der Waals surface area contributed by atoms with Crippen LogP contribution in [0, 0.1) is 20.8 Å². The summed E-state index contributed by atoms with van der Waals surface area (Å²) in [6.07, 6.45) is 3.36. The first kappa shape index (κ1) is 19.9. The van der Waals surface area contributed by atoms with E-state index in [0.717, 1.165) is 27.6 Å². The molecule has 5 nitrogen and oxygen atoms in total. The third-order valence-electron chi connectivity index (χ3n) is 4.21. The van der Waals surface area contributed by atoms with Crippen LogP contribution < -0.4 is 10.6 Å². The van der Waals surface area contributed by atoms with E-state index in [-0.39, 0.29) is 12.5 Å². The number of nitrogens with zero attached hydrogens (tertiary/aromatic N) is 2. The Kier molecular flexibility index (Phi) is 6.66. The molecule has 28 heavy (non-hydrogen) atoms. The molecular weight excluding hydrogens is 368 g/mol. The van der Waals surface area contributed by atoms with Crippen LogP contribution in [0.4, 0.5) is 11.5 Å². The van der Waals surface area contributed by atoms with Gasteiger partial charge in [-0.1, -0.05) is 48.0 Å². The van der Waals surface area contributed by atoms with Gasteiger partial charge >= 0.3 is 0 Å². The highest BCUT2D eigenvalue weighted by Crippen LogP contribution is 2.22. The van der Waals surface area contributed by atoms with E-state index in [4.69, 9.17) is 0 Å². The largest absolute Gasteiger partial charge is 0.360 e. The van der Waals surface area contributed by atoms with Gasteiger partial charge in [0.15, 0.2) is 0 Å². The maximum absolute atomic E-state index is 12.3. The van der Waals surface area contributed by atoms with Gasteiger partial charge in [-0.25, -0.2) is 4.98 Å². The number of benzene rings is 2. The van der Waals surface area contributed by atoms with Gasteiger partial charge in [-0.2, -0.15) is 0 Å². The number of hydrogen-bond acceptors (Lipinski definition) is 5. The van der Waals surface area contributed by atoms with Crippen LogP contribution in [0.25, 0.3) is 0 Å². The van der Waals surface area contributed by atoms with Gasteiger partial charge in [-0.15, -0.1) is 11.8 Å². The highest BCUT2D eigenvalue weighted by Gasteiger charge is 2.09. The summed E-state index contributed by atoms with van der Waals surface area (Å²) in [5.41, 5.74) is 5.41. The average Bonchev–Trinajstić information content (AvgIpc) is 2.69. The fraction of sp³-hybridized carbons (Fsp3) is 0.227. The Morgan fingerprint density at radius 1 is 1.04 bits per heavy atom. The van der Waals surface area contributed by atoms with Crippen LogP contribution in [0.2, 0.25) is 0 Å². The van der Waals surface area contributed by atoms with Gasteiger partial charge in [0.05, 0.1) is 18.9 Å². The van der Waals surface area contributed by atoms with E-state index in [9.17, 15) is 4.79 Å². The van der Waals surface area contributed by atoms with Gasteiger partial charge in [0.1, 0.15) is 10.8 Å². The molecule has 0 aliphatic rings. The van der Waals surface area contributed by atoms with E-state index in [2.05, 4.69) is 51.8 Å². The highest BCUT2D eigenvalue weighted by molar-refractivity contribution is 7.98. The lowest BCUT2D eigenvalue weighted by Gasteiger charge is -2.13. The van der Waals surface area contributed by atoms with Gasteiger partial charge in [-0.05, 0) is 37.5 Å². The van der Waals surface area contributed by atoms with Crippen LogP contribution in [0.3, 0.4) is 0 Å². The lowest BCUT2D eigenvalue weighted by Crippen LogP contribution is -2.23. The lowest BCUT2D eigenvalue weighted by molar-refractivity contribution is -0.114. The zero-order valence-electron chi connectivity index (χ0n) is 16.3. The molecule has 1 aromatic heterocycles. The van der Waals surface area contributed by atoms with Gasteiger partial charge in [0.25, 0.3) is 0 Å². The summed E-state index contributed by atoms with van der Waals surface area (Å²) in [6.45, 7) is 6.19. The van der Waals surface area contributed by atoms with Crippen molar-refractivity contribution in [2.45, 2.75) is 31.6 Å². The Labute approximate surface area is 170 Å². The van der Waals surface area contributed by atoms with Crippen molar-refractivity contribution in [1.29, 1.82) is 0 Å². The minimum Gasteiger partial charge on any atom is -0.360 e. The molecule has 6 heteroatoms. The molecule has 0 aliphatic carbocycles. The molecule has 3 rings (SSSR count). The molecule has 2 N–H and O–H groups in total. The SMILES string of the molecule is Cc1cc(C)c(NC(=O)CNc2cncc(SCc3ccccc3)n2)c(C)c1. The number of hydrogen-bond donors (Lipinski definition) is 2. The smallest absolute Gasteiger partial charge is 0.243 e. The van der Waals surface area contributed by atoms with Crippen molar-refractivity contribution in [2.24, 2.45) is 0 Å². The standard InChI is InChI=1S/C22H24N4OS/c1-15-9-16(2)22(17(3)10-15)26-20(27)12-24-19-11-23-13-21(25-19)28-14-18-7-5-4-6-8-18/h4-11,13H,12,14H2,1-3H3,(H,24,25)(H,26,27). The van der Waals surface area contributed by atoms with Crippen molar-refractivity contribution in [3.8, 4) is 0 Å². The highest BCUT2D eigenvalue weighted by atomic mass is 32.2. The molecule has 0 spiro atoms. The molecule has 1 amide bonds. The summed E-state index contributed by atoms with van der Waals surface area (Å²) in [5, 5.41) is 6.86. The van der Waals surface area contributed by atoms with Gasteiger partial charge in [0, 0.05) is 11.4 Å². The first-order chi connectivity index (χ1) is 13.5. The Balaban J connectivity index is 1.55. The van der Waals surface area contributed by atoms with Crippen LogP contribution in [0.1, 0.15) is 22.3 Å². The monoisotopic (exact) mass is 392 g/mol. The topological polar surface area (TPSA) is 66.9 Å². The van der Waals surface area contributed by atoms with Crippen molar-refractivity contribution >= 4 is 29.2 Å². The molecule has 0 saturated carbocycles. The molecule has 2 aromatic carbocycles. The van der Waals surface area contributed by atoms with Gasteiger partial charge < -0.3 is 10.6 Å². The Hall–Kier alpha value is -2.86. The summed E-state index contributed by atoms with van der Waals surface area (Å²) < 4.78 is 0. The van der Waals surface area contributed by atoms with E-state index in [1.54, 1.807) is 24.2 Å². The minimum absolute atomic E-state index is 0.112. The number of amides is 1. The first-order valence-corrected chi connectivity index (χ1v) is 10.1. The Morgan fingerprint density at radius 3 is 2.46 bits per heavy atom. The number of aryl methyl sites for hydroxylation is 3. The molecule has 0 aliphatic heterocycles. The van der Waals surface area contributed by atoms with E-state index in [1.165, 1.54) is 11.1 Å². The third kappa shape index (κ3) is 5.57. The second-order valence-electron chi connectivity index (χ2n) is 6.69. The van der Waals surface area contributed by atoms with Crippen LogP contribution in [-0.4, -0.2) is 22.4 Å². The van der Waals surface area contributed by atoms with E-state index in [1.807, 2.05) is 32.0 Å². The number of anilines is 2. The molecule has 0 atom stereocenters. The predicted octanol–water partition coefficient (Wildman–Crippen LogP) is 4.74. The third-order valence-corrected chi connectivity index (χ3v) is 5.18. The number of carbonyl (C=O) groups excluding carboxylic acids is 1. The fourth-order valence-electron chi connectivity index (χ4n) is 2.97. The molecule has 0 saturated heterocycles. The summed E-state index contributed by atoms with van der Waals surface area (Å²) in [4.78, 5) is 21.1. The van der Waals surface area contributed by atoms with Crippen LogP contribution >= 0.6 is 11.8 Å². The van der Waals surface area contributed by atoms with Crippen molar-refractivity contribution in [3.63, 3.8) is 0 Å². The second kappa shape index (κ2) is 9.37. The molecule has 3 aromatic rings. The normalized spacial score (nSPS) is 10.5. The number of nitrogens with one attached hydrogen (secondary N) is 2. The minimum atomic E-state index is -0.112. The van der Waals surface area contributed by atoms with Crippen molar-refractivity contribution in [3.05, 3.63) is 77.1 Å². The summed E-state index contributed by atoms with van der Waals surface area (Å²) in [5.74, 6) is 1.30. The summed E-state index contributed by atoms with van der Waals surface area (Å²) in [6, 6.07) is 14.3. The van der Waals surface area contributed by atoms with Gasteiger partial charge in [-0.3, -0.25) is 9.78 Å². The van der Waals surface area contributed by atoms with E-state index >= 15 is 0 Å². The first-order valence-electron chi connectivity index (χ1n) is 9.11. The molecule has 1 heterocycles. The molecular formula is C22H24N4OS. The summed E-state index contributed by atoms with van der Waals surface area (Å²) >= 11 is 1.62. The Bertz CT molecular complexity index is 937. The van der Waals surface area contributed by atoms with E-state index < -0.39 is 0 Å². The Morgan fingerprint density at radius 2 is 1.75 bits per heavy atom. The van der Waals surface area contributed by atoms with Crippen molar-refractivity contribution < 1.29 is 4.79 Å². The number of thioether (sulfide) groups is 1. The molecule has 0 radical (unpaired) electrons. The summed E-state index contributed by atoms with van der Waals surface area (Å²) in [7, 11) is 0. The quantitative estimate of drug-likeness (QED) is 0.568. The van der Waals surface area contributed by atoms with E-state index in [0.29, 0.717) is 5.82 Å². The van der Waals surface area contributed by atoms with Crippen molar-refractivity contribution in [1.82, 2.24) is 9.97 Å². The van der Waals surface area contributed by atoms with Crippen molar-refractivity contribution in [2.75, 3.05) is 17.2 Å². The maximum atomic E-state index is 12.3. The maximum Gasteiger partial charge on any atom is 0.243 e. The predicted molar refractivity (Wildman–Crippen MR) is 116 cm³/mol. The fourth-order valence-corrected chi connectivity index (χ4v) is 3.77. The van der Waals surface area contributed by atoms with Crippen LogP contribution in [-0.2, 0) is 10.5 Å². The zero-order valence-corrected chi connectivity index (χ0v) is 17.1. The van der Waals surface area contributed by atoms with Crippen LogP contribution in [0.5, 0.6) is 0 Å². The molecule has 0 bridgehead atoms. The lowest BCUT2D eigenvalue weighted by atomic mass is 10.1. The second-order valence-corrected chi connectivity index (χ2v) is 7.69.